The van der Waals surface area contributed by atoms with Crippen LogP contribution < -0.4 is 5.73 Å². The zero-order valence-electron chi connectivity index (χ0n) is 11.5. The van der Waals surface area contributed by atoms with Gasteiger partial charge in [0.1, 0.15) is 0 Å². The number of rotatable bonds is 4. The Kier molecular flexibility index (Phi) is 5.07. The topological polar surface area (TPSA) is 38.9 Å². The minimum absolute atomic E-state index is 0.131. The van der Waals surface area contributed by atoms with Crippen molar-refractivity contribution in [2.75, 3.05) is 0 Å². The third-order valence-corrected chi connectivity index (χ3v) is 5.07. The summed E-state index contributed by atoms with van der Waals surface area (Å²) in [5.41, 5.74) is 8.57. The molecule has 0 aliphatic heterocycles. The standard InChI is InChI=1S/C15H24N2S/c1-3-14(16)13-10-17-15(9-11(13)2)18-12-7-5-4-6-8-12/h9-10,12,14H,3-8,16H2,1-2H3/t14-/m0/s1. The van der Waals surface area contributed by atoms with Crippen LogP contribution in [-0.4, -0.2) is 10.2 Å². The molecule has 18 heavy (non-hydrogen) atoms. The van der Waals surface area contributed by atoms with Gasteiger partial charge in [0.15, 0.2) is 0 Å². The van der Waals surface area contributed by atoms with E-state index in [1.54, 1.807) is 0 Å². The Balaban J connectivity index is 2.03. The summed E-state index contributed by atoms with van der Waals surface area (Å²) in [7, 11) is 0. The van der Waals surface area contributed by atoms with Gasteiger partial charge in [-0.25, -0.2) is 4.98 Å². The van der Waals surface area contributed by atoms with Gasteiger partial charge >= 0.3 is 0 Å². The van der Waals surface area contributed by atoms with Crippen molar-refractivity contribution in [3.8, 4) is 0 Å². The molecule has 2 N–H and O–H groups in total. The van der Waals surface area contributed by atoms with Crippen molar-refractivity contribution >= 4 is 11.8 Å². The van der Waals surface area contributed by atoms with Crippen molar-refractivity contribution in [3.63, 3.8) is 0 Å². The van der Waals surface area contributed by atoms with E-state index in [9.17, 15) is 0 Å². The average molecular weight is 264 g/mol. The molecule has 1 atom stereocenters. The monoisotopic (exact) mass is 264 g/mol. The van der Waals surface area contributed by atoms with Gasteiger partial charge in [0.25, 0.3) is 0 Å². The fraction of sp³-hybridized carbons (Fsp3) is 0.667. The van der Waals surface area contributed by atoms with Gasteiger partial charge in [-0.05, 0) is 43.4 Å². The average Bonchev–Trinajstić information content (AvgIpc) is 2.39. The van der Waals surface area contributed by atoms with Crippen LogP contribution >= 0.6 is 11.8 Å². The van der Waals surface area contributed by atoms with Crippen molar-refractivity contribution in [1.82, 2.24) is 4.98 Å². The molecule has 1 aliphatic carbocycles. The van der Waals surface area contributed by atoms with Gasteiger partial charge in [0, 0.05) is 17.5 Å². The van der Waals surface area contributed by atoms with E-state index in [0.717, 1.165) is 11.7 Å². The maximum atomic E-state index is 6.08. The van der Waals surface area contributed by atoms with Gasteiger partial charge < -0.3 is 5.73 Å². The Morgan fingerprint density at radius 1 is 1.39 bits per heavy atom. The zero-order chi connectivity index (χ0) is 13.0. The molecule has 1 fully saturated rings. The molecule has 1 aromatic rings. The number of pyridine rings is 1. The Bertz CT molecular complexity index is 386. The smallest absolute Gasteiger partial charge is 0.0965 e. The molecule has 0 spiro atoms. The molecule has 1 aliphatic rings. The maximum absolute atomic E-state index is 6.08. The van der Waals surface area contributed by atoms with Crippen LogP contribution in [0.1, 0.15) is 62.6 Å². The predicted octanol–water partition coefficient (Wildman–Crippen LogP) is 4.22. The minimum atomic E-state index is 0.131. The van der Waals surface area contributed by atoms with E-state index in [1.807, 2.05) is 18.0 Å². The summed E-state index contributed by atoms with van der Waals surface area (Å²) in [6.45, 7) is 4.27. The number of hydrogen-bond acceptors (Lipinski definition) is 3. The maximum Gasteiger partial charge on any atom is 0.0965 e. The van der Waals surface area contributed by atoms with Crippen molar-refractivity contribution < 1.29 is 0 Å². The summed E-state index contributed by atoms with van der Waals surface area (Å²) in [5, 5.41) is 1.95. The van der Waals surface area contributed by atoms with Crippen molar-refractivity contribution in [2.45, 2.75) is 68.7 Å². The highest BCUT2D eigenvalue weighted by Crippen LogP contribution is 2.33. The first-order valence-electron chi connectivity index (χ1n) is 7.09. The first-order valence-corrected chi connectivity index (χ1v) is 7.97. The molecule has 0 aromatic carbocycles. The van der Waals surface area contributed by atoms with E-state index in [-0.39, 0.29) is 6.04 Å². The van der Waals surface area contributed by atoms with E-state index in [2.05, 4.69) is 24.9 Å². The van der Waals surface area contributed by atoms with E-state index >= 15 is 0 Å². The predicted molar refractivity (Wildman–Crippen MR) is 78.9 cm³/mol. The molecule has 1 saturated carbocycles. The van der Waals surface area contributed by atoms with Crippen LogP contribution in [0.2, 0.25) is 0 Å². The van der Waals surface area contributed by atoms with Crippen LogP contribution in [0.15, 0.2) is 17.3 Å². The van der Waals surface area contributed by atoms with Crippen LogP contribution in [-0.2, 0) is 0 Å². The number of nitrogens with two attached hydrogens (primary N) is 1. The second-order valence-corrected chi connectivity index (χ2v) is 6.59. The zero-order valence-corrected chi connectivity index (χ0v) is 12.3. The van der Waals surface area contributed by atoms with E-state index in [0.29, 0.717) is 0 Å². The molecule has 0 bridgehead atoms. The number of hydrogen-bond donors (Lipinski definition) is 1. The number of thioether (sulfide) groups is 1. The molecule has 2 nitrogen and oxygen atoms in total. The summed E-state index contributed by atoms with van der Waals surface area (Å²) in [6.07, 6.45) is 9.83. The van der Waals surface area contributed by atoms with Crippen molar-refractivity contribution in [1.29, 1.82) is 0 Å². The van der Waals surface area contributed by atoms with Gasteiger partial charge in [0.05, 0.1) is 5.03 Å². The Labute approximate surface area is 115 Å². The minimum Gasteiger partial charge on any atom is -0.324 e. The molecule has 1 heterocycles. The lowest BCUT2D eigenvalue weighted by molar-refractivity contribution is 0.515. The fourth-order valence-corrected chi connectivity index (χ4v) is 3.84. The first-order chi connectivity index (χ1) is 8.70. The highest BCUT2D eigenvalue weighted by Gasteiger charge is 2.16. The van der Waals surface area contributed by atoms with E-state index < -0.39 is 0 Å². The quantitative estimate of drug-likeness (QED) is 0.884. The number of aromatic nitrogens is 1. The molecule has 2 rings (SSSR count). The molecule has 0 unspecified atom stereocenters. The van der Waals surface area contributed by atoms with Crippen LogP contribution in [0, 0.1) is 6.92 Å². The summed E-state index contributed by atoms with van der Waals surface area (Å²) in [5.74, 6) is 0. The second-order valence-electron chi connectivity index (χ2n) is 5.27. The van der Waals surface area contributed by atoms with Crippen LogP contribution in [0.3, 0.4) is 0 Å². The SMILES string of the molecule is CC[C@H](N)c1cnc(SC2CCCCC2)cc1C. The summed E-state index contributed by atoms with van der Waals surface area (Å²) < 4.78 is 0. The molecule has 1 aromatic heterocycles. The number of aryl methyl sites for hydroxylation is 1. The Hall–Kier alpha value is -0.540. The van der Waals surface area contributed by atoms with Gasteiger partial charge in [-0.15, -0.1) is 11.8 Å². The van der Waals surface area contributed by atoms with E-state index in [1.165, 1.54) is 48.3 Å². The molecule has 0 radical (unpaired) electrons. The van der Waals surface area contributed by atoms with Crippen LogP contribution in [0.5, 0.6) is 0 Å². The molecule has 3 heteroatoms. The van der Waals surface area contributed by atoms with Gasteiger partial charge in [-0.2, -0.15) is 0 Å². The summed E-state index contributed by atoms with van der Waals surface area (Å²) >= 11 is 1.95. The second kappa shape index (κ2) is 6.58. The largest absolute Gasteiger partial charge is 0.324 e. The van der Waals surface area contributed by atoms with Crippen LogP contribution in [0.25, 0.3) is 0 Å². The summed E-state index contributed by atoms with van der Waals surface area (Å²) in [6, 6.07) is 2.34. The molecular weight excluding hydrogens is 240 g/mol. The van der Waals surface area contributed by atoms with Gasteiger partial charge in [-0.1, -0.05) is 26.2 Å². The summed E-state index contributed by atoms with van der Waals surface area (Å²) in [4.78, 5) is 4.59. The van der Waals surface area contributed by atoms with Gasteiger partial charge in [-0.3, -0.25) is 0 Å². The lowest BCUT2D eigenvalue weighted by Gasteiger charge is -2.21. The first kappa shape index (κ1) is 13.9. The number of nitrogens with zero attached hydrogens (tertiary/aromatic N) is 1. The normalized spacial score (nSPS) is 18.8. The highest BCUT2D eigenvalue weighted by molar-refractivity contribution is 7.99. The fourth-order valence-electron chi connectivity index (χ4n) is 2.57. The third kappa shape index (κ3) is 3.48. The van der Waals surface area contributed by atoms with E-state index in [4.69, 9.17) is 5.73 Å². The van der Waals surface area contributed by atoms with Crippen molar-refractivity contribution in [2.24, 2.45) is 5.73 Å². The van der Waals surface area contributed by atoms with Gasteiger partial charge in [0.2, 0.25) is 0 Å². The Morgan fingerprint density at radius 2 is 2.11 bits per heavy atom. The highest BCUT2D eigenvalue weighted by atomic mass is 32.2. The van der Waals surface area contributed by atoms with Crippen molar-refractivity contribution in [3.05, 3.63) is 23.4 Å². The van der Waals surface area contributed by atoms with Crippen LogP contribution in [0.4, 0.5) is 0 Å². The molecule has 100 valence electrons. The molecular formula is C15H24N2S. The lowest BCUT2D eigenvalue weighted by atomic mass is 10.0. The lowest BCUT2D eigenvalue weighted by Crippen LogP contribution is -2.11. The Morgan fingerprint density at radius 3 is 2.72 bits per heavy atom. The molecule has 0 amide bonds. The molecule has 0 saturated heterocycles. The third-order valence-electron chi connectivity index (χ3n) is 3.81.